The van der Waals surface area contributed by atoms with Gasteiger partial charge in [0.2, 0.25) is 0 Å². The molecule has 0 radical (unpaired) electrons. The van der Waals surface area contributed by atoms with Crippen molar-refractivity contribution in [3.05, 3.63) is 32.6 Å². The lowest BCUT2D eigenvalue weighted by atomic mass is 10.1. The number of nitrogens with one attached hydrogen (secondary N) is 2. The van der Waals surface area contributed by atoms with Crippen molar-refractivity contribution in [3.63, 3.8) is 0 Å². The molecule has 8 heteroatoms. The Kier molecular flexibility index (Phi) is 4.18. The number of H-pyrrole nitrogens is 2. The second kappa shape index (κ2) is 5.41. The third-order valence-corrected chi connectivity index (χ3v) is 2.13. The van der Waals surface area contributed by atoms with Crippen LogP contribution in [0, 0.1) is 0 Å². The molecule has 2 unspecified atom stereocenters. The van der Waals surface area contributed by atoms with Gasteiger partial charge < -0.3 is 19.9 Å². The Morgan fingerprint density at radius 3 is 2.65 bits per heavy atom. The minimum Gasteiger partial charge on any atom is -0.469 e. The average Bonchev–Trinajstić information content (AvgIpc) is 2.28. The number of aliphatic hydroxyl groups is 2. The molecule has 17 heavy (non-hydrogen) atoms. The SMILES string of the molecule is COC(=O)CC(O)C(O)c1c[nH]c(=O)[nH]c1=O. The summed E-state index contributed by atoms with van der Waals surface area (Å²) in [5, 5.41) is 19.1. The van der Waals surface area contributed by atoms with Crippen LogP contribution >= 0.6 is 0 Å². The van der Waals surface area contributed by atoms with Crippen molar-refractivity contribution in [3.8, 4) is 0 Å². The van der Waals surface area contributed by atoms with E-state index in [-0.39, 0.29) is 5.56 Å². The number of rotatable bonds is 4. The van der Waals surface area contributed by atoms with Gasteiger partial charge in [-0.3, -0.25) is 14.6 Å². The van der Waals surface area contributed by atoms with Crippen LogP contribution in [0.15, 0.2) is 15.8 Å². The van der Waals surface area contributed by atoms with Crippen molar-refractivity contribution >= 4 is 5.97 Å². The molecule has 2 atom stereocenters. The first-order valence-corrected chi connectivity index (χ1v) is 4.70. The fourth-order valence-corrected chi connectivity index (χ4v) is 1.21. The molecular weight excluding hydrogens is 232 g/mol. The Labute approximate surface area is 94.9 Å². The fourth-order valence-electron chi connectivity index (χ4n) is 1.21. The molecule has 0 fully saturated rings. The van der Waals surface area contributed by atoms with Gasteiger partial charge in [0.05, 0.1) is 25.2 Å². The van der Waals surface area contributed by atoms with Gasteiger partial charge in [-0.05, 0) is 0 Å². The highest BCUT2D eigenvalue weighted by atomic mass is 16.5. The largest absolute Gasteiger partial charge is 0.469 e. The smallest absolute Gasteiger partial charge is 0.325 e. The van der Waals surface area contributed by atoms with Crippen LogP contribution in [0.25, 0.3) is 0 Å². The molecule has 0 aromatic carbocycles. The van der Waals surface area contributed by atoms with E-state index in [2.05, 4.69) is 9.72 Å². The Morgan fingerprint density at radius 1 is 1.47 bits per heavy atom. The molecule has 1 rings (SSSR count). The van der Waals surface area contributed by atoms with E-state index in [1.165, 1.54) is 0 Å². The zero-order chi connectivity index (χ0) is 13.0. The van der Waals surface area contributed by atoms with E-state index in [9.17, 15) is 24.6 Å². The first-order chi connectivity index (χ1) is 7.95. The van der Waals surface area contributed by atoms with Crippen LogP contribution in [0.2, 0.25) is 0 Å². The first-order valence-electron chi connectivity index (χ1n) is 4.70. The Hall–Kier alpha value is -1.93. The van der Waals surface area contributed by atoms with Crippen molar-refractivity contribution in [1.82, 2.24) is 9.97 Å². The van der Waals surface area contributed by atoms with Crippen molar-refractivity contribution in [2.45, 2.75) is 18.6 Å². The van der Waals surface area contributed by atoms with Crippen molar-refractivity contribution < 1.29 is 19.7 Å². The molecule has 0 bridgehead atoms. The van der Waals surface area contributed by atoms with Gasteiger partial charge in [-0.25, -0.2) is 4.79 Å². The third kappa shape index (κ3) is 3.26. The predicted molar refractivity (Wildman–Crippen MR) is 55.3 cm³/mol. The van der Waals surface area contributed by atoms with Gasteiger partial charge in [-0.2, -0.15) is 0 Å². The Balaban J connectivity index is 2.88. The summed E-state index contributed by atoms with van der Waals surface area (Å²) in [4.78, 5) is 36.9. The van der Waals surface area contributed by atoms with Crippen LogP contribution in [0.4, 0.5) is 0 Å². The van der Waals surface area contributed by atoms with E-state index in [0.29, 0.717) is 0 Å². The van der Waals surface area contributed by atoms with E-state index in [1.807, 2.05) is 4.98 Å². The second-order valence-corrected chi connectivity index (χ2v) is 3.32. The minimum absolute atomic E-state index is 0.235. The van der Waals surface area contributed by atoms with Gasteiger partial charge >= 0.3 is 11.7 Å². The molecule has 0 spiro atoms. The number of methoxy groups -OCH3 is 1. The maximum atomic E-state index is 11.3. The highest BCUT2D eigenvalue weighted by Crippen LogP contribution is 2.14. The maximum absolute atomic E-state index is 11.3. The van der Waals surface area contributed by atoms with Crippen LogP contribution in [-0.4, -0.2) is 39.4 Å². The number of hydrogen-bond donors (Lipinski definition) is 4. The van der Waals surface area contributed by atoms with E-state index in [4.69, 9.17) is 0 Å². The quantitative estimate of drug-likeness (QED) is 0.454. The summed E-state index contributed by atoms with van der Waals surface area (Å²) in [6.07, 6.45) is -2.56. The molecule has 1 aromatic heterocycles. The molecule has 0 aliphatic rings. The monoisotopic (exact) mass is 244 g/mol. The number of aromatic nitrogens is 2. The third-order valence-electron chi connectivity index (χ3n) is 2.13. The molecule has 0 saturated carbocycles. The molecule has 8 nitrogen and oxygen atoms in total. The number of aliphatic hydroxyl groups excluding tert-OH is 2. The molecule has 0 saturated heterocycles. The molecule has 0 amide bonds. The predicted octanol–water partition coefficient (Wildman–Crippen LogP) is -1.98. The van der Waals surface area contributed by atoms with E-state index in [1.54, 1.807) is 0 Å². The summed E-state index contributed by atoms with van der Waals surface area (Å²) >= 11 is 0. The Bertz CT molecular complexity index is 505. The second-order valence-electron chi connectivity index (χ2n) is 3.32. The highest BCUT2D eigenvalue weighted by Gasteiger charge is 2.24. The summed E-state index contributed by atoms with van der Waals surface area (Å²) in [6.45, 7) is 0. The Morgan fingerprint density at radius 2 is 2.12 bits per heavy atom. The van der Waals surface area contributed by atoms with E-state index < -0.39 is 35.8 Å². The lowest BCUT2D eigenvalue weighted by Gasteiger charge is -2.15. The summed E-state index contributed by atoms with van der Waals surface area (Å²) in [5.41, 5.74) is -1.79. The van der Waals surface area contributed by atoms with Crippen LogP contribution < -0.4 is 11.2 Å². The van der Waals surface area contributed by atoms with E-state index in [0.717, 1.165) is 13.3 Å². The van der Waals surface area contributed by atoms with Crippen LogP contribution in [0.1, 0.15) is 18.1 Å². The molecule has 0 aliphatic heterocycles. The van der Waals surface area contributed by atoms with Crippen molar-refractivity contribution in [1.29, 1.82) is 0 Å². The summed E-state index contributed by atoms with van der Waals surface area (Å²) in [5.74, 6) is -0.725. The minimum atomic E-state index is -1.59. The molecule has 1 heterocycles. The number of carbonyl (C=O) groups is 1. The molecule has 0 aliphatic carbocycles. The lowest BCUT2D eigenvalue weighted by molar-refractivity contribution is -0.144. The van der Waals surface area contributed by atoms with Gasteiger partial charge in [0.25, 0.3) is 5.56 Å². The first kappa shape index (κ1) is 13.1. The normalized spacial score (nSPS) is 14.1. The van der Waals surface area contributed by atoms with Crippen LogP contribution in [0.5, 0.6) is 0 Å². The van der Waals surface area contributed by atoms with Crippen LogP contribution in [-0.2, 0) is 9.53 Å². The lowest BCUT2D eigenvalue weighted by Crippen LogP contribution is -2.31. The standard InChI is InChI=1S/C9H12N2O6/c1-17-6(13)2-5(12)7(14)4-3-10-9(16)11-8(4)15/h3,5,7,12,14H,2H2,1H3,(H2,10,11,15,16). The summed E-state index contributed by atoms with van der Waals surface area (Å²) in [7, 11) is 1.13. The maximum Gasteiger partial charge on any atom is 0.325 e. The zero-order valence-electron chi connectivity index (χ0n) is 8.97. The number of carbonyl (C=O) groups excluding carboxylic acids is 1. The van der Waals surface area contributed by atoms with Gasteiger partial charge in [0.15, 0.2) is 0 Å². The van der Waals surface area contributed by atoms with E-state index >= 15 is 0 Å². The molecule has 1 aromatic rings. The van der Waals surface area contributed by atoms with Gasteiger partial charge in [-0.15, -0.1) is 0 Å². The molecule has 94 valence electrons. The fraction of sp³-hybridized carbons (Fsp3) is 0.444. The topological polar surface area (TPSA) is 132 Å². The van der Waals surface area contributed by atoms with Gasteiger partial charge in [0, 0.05) is 6.20 Å². The number of aromatic amines is 2. The highest BCUT2D eigenvalue weighted by molar-refractivity contribution is 5.69. The van der Waals surface area contributed by atoms with Gasteiger partial charge in [-0.1, -0.05) is 0 Å². The van der Waals surface area contributed by atoms with Crippen molar-refractivity contribution in [2.24, 2.45) is 0 Å². The molecule has 4 N–H and O–H groups in total. The molecular formula is C9H12N2O6. The van der Waals surface area contributed by atoms with Crippen molar-refractivity contribution in [2.75, 3.05) is 7.11 Å². The van der Waals surface area contributed by atoms with Crippen LogP contribution in [0.3, 0.4) is 0 Å². The number of esters is 1. The summed E-state index contributed by atoms with van der Waals surface area (Å²) < 4.78 is 4.30. The summed E-state index contributed by atoms with van der Waals surface area (Å²) in [6, 6.07) is 0. The zero-order valence-corrected chi connectivity index (χ0v) is 8.97. The number of hydrogen-bond acceptors (Lipinski definition) is 6. The van der Waals surface area contributed by atoms with Gasteiger partial charge in [0.1, 0.15) is 6.10 Å². The number of ether oxygens (including phenoxy) is 1. The average molecular weight is 244 g/mol.